The normalized spacial score (nSPS) is 10.0. The van der Waals surface area contributed by atoms with Crippen LogP contribution in [0, 0.1) is 13.8 Å². The van der Waals surface area contributed by atoms with Crippen molar-refractivity contribution < 1.29 is 9.53 Å². The Bertz CT molecular complexity index is 591. The van der Waals surface area contributed by atoms with Gasteiger partial charge in [0.15, 0.2) is 6.61 Å². The van der Waals surface area contributed by atoms with E-state index >= 15 is 0 Å². The zero-order chi connectivity index (χ0) is 15.2. The summed E-state index contributed by atoms with van der Waals surface area (Å²) in [6.45, 7) is 3.93. The molecule has 0 aliphatic rings. The van der Waals surface area contributed by atoms with Crippen LogP contribution in [0.15, 0.2) is 48.5 Å². The lowest BCUT2D eigenvalue weighted by Gasteiger charge is -2.20. The number of benzene rings is 2. The maximum absolute atomic E-state index is 11.9. The van der Waals surface area contributed by atoms with Gasteiger partial charge in [-0.05, 0) is 37.1 Å². The second-order valence-corrected chi connectivity index (χ2v) is 4.94. The van der Waals surface area contributed by atoms with E-state index in [1.165, 1.54) is 0 Å². The second-order valence-electron chi connectivity index (χ2n) is 4.94. The number of amides is 1. The molecular formula is C17H20N2O2. The molecule has 4 heteroatoms. The summed E-state index contributed by atoms with van der Waals surface area (Å²) in [6.07, 6.45) is 0. The minimum Gasteiger partial charge on any atom is -0.483 e. The number of hydrogen-bond donors (Lipinski definition) is 1. The summed E-state index contributed by atoms with van der Waals surface area (Å²) in [5.74, 6) is 0.582. The van der Waals surface area contributed by atoms with Gasteiger partial charge in [-0.2, -0.15) is 0 Å². The lowest BCUT2D eigenvalue weighted by molar-refractivity contribution is -0.123. The van der Waals surface area contributed by atoms with Crippen LogP contribution in [0.3, 0.4) is 0 Å². The van der Waals surface area contributed by atoms with E-state index in [1.54, 1.807) is 12.1 Å². The molecule has 1 amide bonds. The van der Waals surface area contributed by atoms with Crippen LogP contribution < -0.4 is 15.2 Å². The SMILES string of the molecule is Cc1cccc(C)c1OCC(=O)NN(C)c1ccccc1. The van der Waals surface area contributed by atoms with Crippen molar-refractivity contribution in [3.63, 3.8) is 0 Å². The third kappa shape index (κ3) is 3.99. The molecule has 2 aromatic rings. The Morgan fingerprint density at radius 1 is 1.05 bits per heavy atom. The van der Waals surface area contributed by atoms with Crippen LogP contribution in [0.2, 0.25) is 0 Å². The van der Waals surface area contributed by atoms with Crippen LogP contribution in [-0.4, -0.2) is 19.6 Å². The van der Waals surface area contributed by atoms with E-state index in [2.05, 4.69) is 5.43 Å². The molecule has 0 radical (unpaired) electrons. The summed E-state index contributed by atoms with van der Waals surface area (Å²) in [7, 11) is 1.80. The van der Waals surface area contributed by atoms with Crippen LogP contribution in [0.5, 0.6) is 5.75 Å². The van der Waals surface area contributed by atoms with Gasteiger partial charge in [0.05, 0.1) is 5.69 Å². The highest BCUT2D eigenvalue weighted by atomic mass is 16.5. The van der Waals surface area contributed by atoms with Crippen LogP contribution in [0.1, 0.15) is 11.1 Å². The molecule has 0 saturated carbocycles. The molecule has 0 spiro atoms. The first-order valence-electron chi connectivity index (χ1n) is 6.85. The first kappa shape index (κ1) is 14.9. The van der Waals surface area contributed by atoms with Gasteiger partial charge in [0.25, 0.3) is 5.91 Å². The minimum absolute atomic E-state index is 0.0110. The van der Waals surface area contributed by atoms with Gasteiger partial charge in [-0.1, -0.05) is 36.4 Å². The van der Waals surface area contributed by atoms with Crippen molar-refractivity contribution in [1.82, 2.24) is 5.43 Å². The predicted octanol–water partition coefficient (Wildman–Crippen LogP) is 2.85. The van der Waals surface area contributed by atoms with Crippen molar-refractivity contribution in [3.05, 3.63) is 59.7 Å². The first-order valence-corrected chi connectivity index (χ1v) is 6.85. The molecule has 21 heavy (non-hydrogen) atoms. The largest absolute Gasteiger partial charge is 0.483 e. The number of carbonyl (C=O) groups is 1. The molecule has 0 fully saturated rings. The minimum atomic E-state index is -0.191. The van der Waals surface area contributed by atoms with Gasteiger partial charge >= 0.3 is 0 Å². The standard InChI is InChI=1S/C17H20N2O2/c1-13-8-7-9-14(2)17(13)21-12-16(20)18-19(3)15-10-5-4-6-11-15/h4-11H,12H2,1-3H3,(H,18,20). The number of anilines is 1. The fraction of sp³-hybridized carbons (Fsp3) is 0.235. The maximum atomic E-state index is 11.9. The van der Waals surface area contributed by atoms with Crippen molar-refractivity contribution in [2.45, 2.75) is 13.8 Å². The number of ether oxygens (including phenoxy) is 1. The number of nitrogens with zero attached hydrogens (tertiary/aromatic N) is 1. The van der Waals surface area contributed by atoms with Crippen molar-refractivity contribution in [3.8, 4) is 5.75 Å². The van der Waals surface area contributed by atoms with Gasteiger partial charge in [0, 0.05) is 7.05 Å². The third-order valence-electron chi connectivity index (χ3n) is 3.19. The molecule has 0 aromatic heterocycles. The fourth-order valence-corrected chi connectivity index (χ4v) is 2.10. The molecule has 0 atom stereocenters. The van der Waals surface area contributed by atoms with Crippen molar-refractivity contribution in [2.75, 3.05) is 18.7 Å². The average molecular weight is 284 g/mol. The van der Waals surface area contributed by atoms with E-state index in [-0.39, 0.29) is 12.5 Å². The van der Waals surface area contributed by atoms with Gasteiger partial charge in [-0.3, -0.25) is 15.2 Å². The summed E-state index contributed by atoms with van der Waals surface area (Å²) < 4.78 is 5.63. The molecule has 0 aliphatic heterocycles. The van der Waals surface area contributed by atoms with Crippen molar-refractivity contribution >= 4 is 11.6 Å². The number of rotatable bonds is 5. The highest BCUT2D eigenvalue weighted by molar-refractivity contribution is 5.79. The van der Waals surface area contributed by atoms with Gasteiger partial charge in [0.1, 0.15) is 5.75 Å². The van der Waals surface area contributed by atoms with E-state index in [0.29, 0.717) is 0 Å². The number of hydrogen-bond acceptors (Lipinski definition) is 3. The molecule has 1 N–H and O–H groups in total. The van der Waals surface area contributed by atoms with Gasteiger partial charge in [-0.25, -0.2) is 0 Å². The Balaban J connectivity index is 1.91. The van der Waals surface area contributed by atoms with E-state index < -0.39 is 0 Å². The van der Waals surface area contributed by atoms with Gasteiger partial charge in [0.2, 0.25) is 0 Å². The fourth-order valence-electron chi connectivity index (χ4n) is 2.10. The Kier molecular flexibility index (Phi) is 4.82. The number of carbonyl (C=O) groups excluding carboxylic acids is 1. The van der Waals surface area contributed by atoms with Gasteiger partial charge in [-0.15, -0.1) is 0 Å². The van der Waals surface area contributed by atoms with Crippen molar-refractivity contribution in [2.24, 2.45) is 0 Å². The monoisotopic (exact) mass is 284 g/mol. The Hall–Kier alpha value is -2.49. The molecule has 0 heterocycles. The second kappa shape index (κ2) is 6.79. The zero-order valence-electron chi connectivity index (χ0n) is 12.6. The third-order valence-corrected chi connectivity index (χ3v) is 3.19. The van der Waals surface area contributed by atoms with E-state index in [9.17, 15) is 4.79 Å². The molecule has 2 rings (SSSR count). The van der Waals surface area contributed by atoms with E-state index in [4.69, 9.17) is 4.74 Å². The van der Waals surface area contributed by atoms with Crippen LogP contribution in [0.25, 0.3) is 0 Å². The van der Waals surface area contributed by atoms with Gasteiger partial charge < -0.3 is 4.74 Å². The summed E-state index contributed by atoms with van der Waals surface area (Å²) in [5.41, 5.74) is 5.74. The highest BCUT2D eigenvalue weighted by Gasteiger charge is 2.09. The first-order chi connectivity index (χ1) is 10.1. The maximum Gasteiger partial charge on any atom is 0.276 e. The molecule has 0 bridgehead atoms. The average Bonchev–Trinajstić information content (AvgIpc) is 2.47. The lowest BCUT2D eigenvalue weighted by Crippen LogP contribution is -2.42. The van der Waals surface area contributed by atoms with Crippen LogP contribution >= 0.6 is 0 Å². The molecule has 110 valence electrons. The molecule has 2 aromatic carbocycles. The predicted molar refractivity (Wildman–Crippen MR) is 84.4 cm³/mol. The summed E-state index contributed by atoms with van der Waals surface area (Å²) in [4.78, 5) is 11.9. The van der Waals surface area contributed by atoms with E-state index in [1.807, 2.05) is 62.4 Å². The Morgan fingerprint density at radius 3 is 2.29 bits per heavy atom. The molecule has 0 saturated heterocycles. The zero-order valence-corrected chi connectivity index (χ0v) is 12.6. The lowest BCUT2D eigenvalue weighted by atomic mass is 10.1. The summed E-state index contributed by atoms with van der Waals surface area (Å²) in [5, 5.41) is 1.68. The molecule has 4 nitrogen and oxygen atoms in total. The number of para-hydroxylation sites is 2. The van der Waals surface area contributed by atoms with Crippen LogP contribution in [0.4, 0.5) is 5.69 Å². The smallest absolute Gasteiger partial charge is 0.276 e. The summed E-state index contributed by atoms with van der Waals surface area (Å²) >= 11 is 0. The quantitative estimate of drug-likeness (QED) is 0.858. The number of hydrazine groups is 1. The molecule has 0 unspecified atom stereocenters. The van der Waals surface area contributed by atoms with E-state index in [0.717, 1.165) is 22.6 Å². The Labute approximate surface area is 125 Å². The number of aryl methyl sites for hydroxylation is 2. The molecular weight excluding hydrogens is 264 g/mol. The summed E-state index contributed by atoms with van der Waals surface area (Å²) in [6, 6.07) is 15.5. The van der Waals surface area contributed by atoms with Crippen molar-refractivity contribution in [1.29, 1.82) is 0 Å². The molecule has 0 aliphatic carbocycles. The van der Waals surface area contributed by atoms with Crippen LogP contribution in [-0.2, 0) is 4.79 Å². The Morgan fingerprint density at radius 2 is 1.67 bits per heavy atom. The number of nitrogens with one attached hydrogen (secondary N) is 1. The topological polar surface area (TPSA) is 41.6 Å². The highest BCUT2D eigenvalue weighted by Crippen LogP contribution is 2.22.